The number of hydrogen-bond donors (Lipinski definition) is 2. The minimum absolute atomic E-state index is 0.0298. The van der Waals surface area contributed by atoms with Crippen molar-refractivity contribution in [1.29, 1.82) is 0 Å². The second kappa shape index (κ2) is 9.80. The summed E-state index contributed by atoms with van der Waals surface area (Å²) in [6.45, 7) is 2.45. The van der Waals surface area contributed by atoms with Gasteiger partial charge in [-0.2, -0.15) is 26.3 Å². The number of carbonyl (C=O) groups is 1. The Balaban J connectivity index is 1.56. The van der Waals surface area contributed by atoms with E-state index in [1.807, 2.05) is 6.92 Å². The SMILES string of the molecule is CCCNC(=O)N1CC(O)(c2ccc(C3=NOC(c4cc(Cl)c(Cl)c(C(F)(F)F)c4)(C(F)(F)F)C3)cc2)C1. The number of amides is 2. The van der Waals surface area contributed by atoms with E-state index >= 15 is 0 Å². The normalized spacial score (nSPS) is 21.0. The molecule has 0 bridgehead atoms. The number of likely N-dealkylation sites (tertiary alicyclic amines) is 1. The van der Waals surface area contributed by atoms with Crippen molar-refractivity contribution in [1.82, 2.24) is 10.2 Å². The second-order valence-electron chi connectivity index (χ2n) is 9.15. The maximum absolute atomic E-state index is 14.3. The van der Waals surface area contributed by atoms with Crippen molar-refractivity contribution in [2.45, 2.75) is 43.3 Å². The summed E-state index contributed by atoms with van der Waals surface area (Å²) in [7, 11) is 0. The summed E-state index contributed by atoms with van der Waals surface area (Å²) in [6.07, 6.45) is -10.4. The Morgan fingerprint density at radius 1 is 1.11 bits per heavy atom. The lowest BCUT2D eigenvalue weighted by Crippen LogP contribution is -2.63. The van der Waals surface area contributed by atoms with Gasteiger partial charge in [-0.25, -0.2) is 4.79 Å². The summed E-state index contributed by atoms with van der Waals surface area (Å²) in [4.78, 5) is 18.2. The standard InChI is InChI=1S/C24H21Cl2F6N3O3/c1-2-7-33-20(36)35-11-21(37,12-35)14-5-3-13(4-6-14)18-10-22(38-34-18,24(30,31)32)15-8-16(23(27,28)29)19(26)17(25)9-15/h3-6,8-9,37H,2,7,10-12H2,1H3,(H,33,36). The minimum atomic E-state index is -5.17. The quantitative estimate of drug-likeness (QED) is 0.411. The van der Waals surface area contributed by atoms with Crippen LogP contribution in [0.3, 0.4) is 0 Å². The number of oxime groups is 1. The van der Waals surface area contributed by atoms with Gasteiger partial charge in [-0.1, -0.05) is 59.5 Å². The average Bonchev–Trinajstić information content (AvgIpc) is 3.28. The molecule has 2 aliphatic rings. The number of urea groups is 1. The van der Waals surface area contributed by atoms with Gasteiger partial charge in [0.1, 0.15) is 5.60 Å². The molecule has 2 aliphatic heterocycles. The van der Waals surface area contributed by atoms with E-state index in [1.54, 1.807) is 0 Å². The van der Waals surface area contributed by atoms with Crippen LogP contribution in [0.1, 0.15) is 42.0 Å². The number of β-amino-alcohol motifs (C(OH)–C–C–N with tert-alkyl or cyclic N) is 1. The summed E-state index contributed by atoms with van der Waals surface area (Å²) >= 11 is 11.4. The van der Waals surface area contributed by atoms with Gasteiger partial charge in [-0.05, 0) is 29.7 Å². The molecule has 0 aromatic heterocycles. The van der Waals surface area contributed by atoms with Crippen molar-refractivity contribution in [2.24, 2.45) is 5.16 Å². The molecular formula is C24H21Cl2F6N3O3. The molecule has 2 amide bonds. The number of halogens is 8. The highest BCUT2D eigenvalue weighted by Crippen LogP contribution is 2.51. The molecule has 0 radical (unpaired) electrons. The number of aliphatic hydroxyl groups is 1. The Labute approximate surface area is 223 Å². The van der Waals surface area contributed by atoms with Crippen LogP contribution in [0.4, 0.5) is 31.1 Å². The summed E-state index contributed by atoms with van der Waals surface area (Å²) < 4.78 is 83.1. The lowest BCUT2D eigenvalue weighted by molar-refractivity contribution is -0.276. The molecule has 6 nitrogen and oxygen atoms in total. The lowest BCUT2D eigenvalue weighted by atomic mass is 9.83. The number of nitrogens with one attached hydrogen (secondary N) is 1. The van der Waals surface area contributed by atoms with Crippen molar-refractivity contribution in [2.75, 3.05) is 19.6 Å². The smallest absolute Gasteiger partial charge is 0.381 e. The van der Waals surface area contributed by atoms with Gasteiger partial charge >= 0.3 is 18.4 Å². The topological polar surface area (TPSA) is 74.2 Å². The Bertz CT molecular complexity index is 1260. The minimum Gasteiger partial charge on any atom is -0.381 e. The largest absolute Gasteiger partial charge is 0.435 e. The zero-order valence-electron chi connectivity index (χ0n) is 19.7. The van der Waals surface area contributed by atoms with Crippen LogP contribution >= 0.6 is 23.2 Å². The van der Waals surface area contributed by atoms with Gasteiger partial charge in [0.05, 0.1) is 34.4 Å². The third-order valence-corrected chi connectivity index (χ3v) is 7.26. The number of nitrogens with zero attached hydrogens (tertiary/aromatic N) is 2. The van der Waals surface area contributed by atoms with Crippen molar-refractivity contribution in [3.63, 3.8) is 0 Å². The first-order valence-corrected chi connectivity index (χ1v) is 12.1. The number of hydrogen-bond acceptors (Lipinski definition) is 4. The Morgan fingerprint density at radius 3 is 2.29 bits per heavy atom. The van der Waals surface area contributed by atoms with E-state index in [0.29, 0.717) is 18.2 Å². The van der Waals surface area contributed by atoms with Gasteiger partial charge in [0.15, 0.2) is 0 Å². The van der Waals surface area contributed by atoms with Crippen LogP contribution in [0.25, 0.3) is 0 Å². The number of alkyl halides is 6. The third kappa shape index (κ3) is 5.01. The predicted molar refractivity (Wildman–Crippen MR) is 127 cm³/mol. The van der Waals surface area contributed by atoms with E-state index in [0.717, 1.165) is 6.42 Å². The fourth-order valence-electron chi connectivity index (χ4n) is 4.31. The van der Waals surface area contributed by atoms with Crippen molar-refractivity contribution in [3.8, 4) is 0 Å². The Hall–Kier alpha value is -2.70. The fraction of sp³-hybridized carbons (Fsp3) is 0.417. The maximum atomic E-state index is 14.3. The van der Waals surface area contributed by atoms with E-state index in [-0.39, 0.29) is 36.5 Å². The first kappa shape index (κ1) is 28.3. The zero-order valence-corrected chi connectivity index (χ0v) is 21.2. The molecule has 1 atom stereocenters. The fourth-order valence-corrected chi connectivity index (χ4v) is 4.75. The van der Waals surface area contributed by atoms with E-state index < -0.39 is 51.1 Å². The third-order valence-electron chi connectivity index (χ3n) is 6.46. The van der Waals surface area contributed by atoms with E-state index in [9.17, 15) is 36.2 Å². The van der Waals surface area contributed by atoms with Crippen LogP contribution in [0.15, 0.2) is 41.6 Å². The summed E-state index contributed by atoms with van der Waals surface area (Å²) in [5, 5.41) is 15.4. The molecule has 2 aromatic carbocycles. The number of rotatable bonds is 5. The predicted octanol–water partition coefficient (Wildman–Crippen LogP) is 6.22. The maximum Gasteiger partial charge on any atom is 0.435 e. The molecule has 206 valence electrons. The van der Waals surface area contributed by atoms with Crippen LogP contribution in [0, 0.1) is 0 Å². The van der Waals surface area contributed by atoms with Gasteiger partial charge in [0.2, 0.25) is 0 Å². The van der Waals surface area contributed by atoms with Crippen LogP contribution in [0.5, 0.6) is 0 Å². The van der Waals surface area contributed by atoms with Gasteiger partial charge in [-0.3, -0.25) is 0 Å². The molecule has 0 spiro atoms. The number of benzene rings is 2. The molecule has 4 rings (SSSR count). The second-order valence-corrected chi connectivity index (χ2v) is 9.93. The van der Waals surface area contributed by atoms with E-state index in [1.165, 1.54) is 29.2 Å². The van der Waals surface area contributed by atoms with E-state index in [2.05, 4.69) is 10.5 Å². The average molecular weight is 584 g/mol. The van der Waals surface area contributed by atoms with Crippen LogP contribution in [0.2, 0.25) is 10.0 Å². The van der Waals surface area contributed by atoms with Crippen LogP contribution < -0.4 is 5.32 Å². The van der Waals surface area contributed by atoms with Crippen molar-refractivity contribution >= 4 is 34.9 Å². The van der Waals surface area contributed by atoms with Crippen LogP contribution in [-0.4, -0.2) is 47.6 Å². The summed E-state index contributed by atoms with van der Waals surface area (Å²) in [5.41, 5.74) is -6.52. The molecule has 38 heavy (non-hydrogen) atoms. The molecule has 0 aliphatic carbocycles. The lowest BCUT2D eigenvalue weighted by Gasteiger charge is -2.46. The molecule has 2 aromatic rings. The monoisotopic (exact) mass is 583 g/mol. The van der Waals surface area contributed by atoms with Gasteiger partial charge in [-0.15, -0.1) is 0 Å². The summed E-state index contributed by atoms with van der Waals surface area (Å²) in [5.74, 6) is 0. The highest BCUT2D eigenvalue weighted by molar-refractivity contribution is 6.42. The zero-order chi connectivity index (χ0) is 28.1. The molecule has 0 saturated carbocycles. The molecule has 1 fully saturated rings. The first-order valence-electron chi connectivity index (χ1n) is 11.4. The van der Waals surface area contributed by atoms with Gasteiger partial charge < -0.3 is 20.2 Å². The van der Waals surface area contributed by atoms with E-state index in [4.69, 9.17) is 28.0 Å². The molecule has 1 saturated heterocycles. The summed E-state index contributed by atoms with van der Waals surface area (Å²) in [6, 6.07) is 6.42. The Morgan fingerprint density at radius 2 is 1.74 bits per heavy atom. The number of carbonyl (C=O) groups excluding carboxylic acids is 1. The molecule has 14 heteroatoms. The molecule has 1 unspecified atom stereocenters. The highest BCUT2D eigenvalue weighted by atomic mass is 35.5. The molecule has 2 heterocycles. The Kier molecular flexibility index (Phi) is 7.30. The van der Waals surface area contributed by atoms with Gasteiger partial charge in [0, 0.05) is 18.5 Å². The first-order chi connectivity index (χ1) is 17.6. The molecular weight excluding hydrogens is 563 g/mol. The van der Waals surface area contributed by atoms with Gasteiger partial charge in [0.25, 0.3) is 5.60 Å². The van der Waals surface area contributed by atoms with Crippen LogP contribution in [-0.2, 0) is 22.2 Å². The van der Waals surface area contributed by atoms with Crippen molar-refractivity contribution < 1.29 is 41.1 Å². The van der Waals surface area contributed by atoms with Crippen molar-refractivity contribution in [3.05, 3.63) is 68.7 Å². The molecule has 2 N–H and O–H groups in total. The highest BCUT2D eigenvalue weighted by Gasteiger charge is 2.63.